The van der Waals surface area contributed by atoms with E-state index in [1.54, 1.807) is 0 Å². The van der Waals surface area contributed by atoms with E-state index in [9.17, 15) is 0 Å². The zero-order valence-electron chi connectivity index (χ0n) is 8.63. The zero-order valence-corrected chi connectivity index (χ0v) is 8.63. The molecule has 0 fully saturated rings. The Bertz CT molecular complexity index is 262. The largest absolute Gasteiger partial charge is 0.330 e. The Morgan fingerprint density at radius 3 is 2.31 bits per heavy atom. The van der Waals surface area contributed by atoms with Gasteiger partial charge in [0.25, 0.3) is 0 Å². The lowest BCUT2D eigenvalue weighted by molar-refractivity contribution is 0.196. The Kier molecular flexibility index (Phi) is 2.38. The third-order valence-electron chi connectivity index (χ3n) is 3.11. The third-order valence-corrected chi connectivity index (χ3v) is 3.11. The van der Waals surface area contributed by atoms with Gasteiger partial charge in [0, 0.05) is 5.41 Å². The second kappa shape index (κ2) is 3.06. The molecule has 74 valence electrons. The van der Waals surface area contributed by atoms with E-state index >= 15 is 0 Å². The quantitative estimate of drug-likeness (QED) is 0.713. The van der Waals surface area contributed by atoms with Crippen molar-refractivity contribution in [1.29, 1.82) is 0 Å². The van der Waals surface area contributed by atoms with Gasteiger partial charge in [-0.1, -0.05) is 32.9 Å². The van der Waals surface area contributed by atoms with E-state index in [1.807, 2.05) is 0 Å². The molecular formula is C8H17N5. The first-order valence-corrected chi connectivity index (χ1v) is 4.36. The topological polar surface area (TPSA) is 80.5 Å². The SMILES string of the molecule is CC(C)(CN)C(C)(C)c1nn[nH]n1. The number of rotatable bonds is 3. The van der Waals surface area contributed by atoms with Crippen molar-refractivity contribution in [1.82, 2.24) is 20.6 Å². The normalized spacial score (nSPS) is 13.3. The Labute approximate surface area is 78.1 Å². The van der Waals surface area contributed by atoms with E-state index < -0.39 is 0 Å². The molecule has 0 aromatic carbocycles. The Morgan fingerprint density at radius 1 is 1.31 bits per heavy atom. The predicted molar refractivity (Wildman–Crippen MR) is 50.0 cm³/mol. The minimum Gasteiger partial charge on any atom is -0.330 e. The predicted octanol–water partition coefficient (Wildman–Crippen LogP) is 0.462. The molecule has 0 aliphatic carbocycles. The smallest absolute Gasteiger partial charge is 0.180 e. The summed E-state index contributed by atoms with van der Waals surface area (Å²) in [7, 11) is 0. The van der Waals surface area contributed by atoms with Gasteiger partial charge in [-0.15, -0.1) is 10.2 Å². The van der Waals surface area contributed by atoms with Crippen molar-refractivity contribution in [2.24, 2.45) is 11.1 Å². The fourth-order valence-corrected chi connectivity index (χ4v) is 0.984. The molecule has 5 nitrogen and oxygen atoms in total. The van der Waals surface area contributed by atoms with Gasteiger partial charge >= 0.3 is 0 Å². The first-order valence-electron chi connectivity index (χ1n) is 4.36. The van der Waals surface area contributed by atoms with Crippen molar-refractivity contribution >= 4 is 0 Å². The van der Waals surface area contributed by atoms with E-state index in [4.69, 9.17) is 5.73 Å². The standard InChI is InChI=1S/C8H17N5/c1-7(2,5-9)8(3,4)6-10-12-13-11-6/h5,9H2,1-4H3,(H,10,11,12,13). The van der Waals surface area contributed by atoms with Crippen LogP contribution in [0.4, 0.5) is 0 Å². The Morgan fingerprint density at radius 2 is 1.92 bits per heavy atom. The second-order valence-electron chi connectivity index (χ2n) is 4.45. The maximum atomic E-state index is 5.71. The number of tetrazole rings is 1. The second-order valence-corrected chi connectivity index (χ2v) is 4.45. The van der Waals surface area contributed by atoms with Crippen LogP contribution in [-0.4, -0.2) is 27.2 Å². The molecule has 0 aliphatic heterocycles. The minimum absolute atomic E-state index is 0.0448. The molecule has 1 aromatic rings. The molecule has 1 heterocycles. The highest BCUT2D eigenvalue weighted by molar-refractivity contribution is 5.07. The highest BCUT2D eigenvalue weighted by atomic mass is 15.5. The van der Waals surface area contributed by atoms with Gasteiger partial charge in [-0.25, -0.2) is 0 Å². The molecule has 0 radical (unpaired) electrons. The third kappa shape index (κ3) is 1.56. The van der Waals surface area contributed by atoms with Crippen molar-refractivity contribution in [3.63, 3.8) is 0 Å². The van der Waals surface area contributed by atoms with Crippen molar-refractivity contribution in [3.05, 3.63) is 5.82 Å². The average Bonchev–Trinajstić information content (AvgIpc) is 2.56. The molecule has 5 heteroatoms. The first kappa shape index (κ1) is 10.1. The van der Waals surface area contributed by atoms with Gasteiger partial charge in [-0.05, 0) is 12.0 Å². The lowest BCUT2D eigenvalue weighted by Gasteiger charge is -2.38. The summed E-state index contributed by atoms with van der Waals surface area (Å²) in [5, 5.41) is 14.0. The summed E-state index contributed by atoms with van der Waals surface area (Å²) in [4.78, 5) is 0. The molecule has 0 atom stereocenters. The minimum atomic E-state index is -0.172. The number of nitrogens with one attached hydrogen (secondary N) is 1. The van der Waals surface area contributed by atoms with E-state index in [0.29, 0.717) is 12.4 Å². The van der Waals surface area contributed by atoms with Gasteiger partial charge in [-0.3, -0.25) is 0 Å². The van der Waals surface area contributed by atoms with E-state index in [0.717, 1.165) is 0 Å². The summed E-state index contributed by atoms with van der Waals surface area (Å²) < 4.78 is 0. The fraction of sp³-hybridized carbons (Fsp3) is 0.875. The van der Waals surface area contributed by atoms with Crippen LogP contribution in [0.15, 0.2) is 0 Å². The van der Waals surface area contributed by atoms with Gasteiger partial charge in [-0.2, -0.15) is 5.21 Å². The highest BCUT2D eigenvalue weighted by Crippen LogP contribution is 2.38. The van der Waals surface area contributed by atoms with Gasteiger partial charge in [0.2, 0.25) is 0 Å². The lowest BCUT2D eigenvalue weighted by atomic mass is 9.67. The molecule has 0 spiro atoms. The zero-order chi connectivity index (χ0) is 10.1. The van der Waals surface area contributed by atoms with Crippen molar-refractivity contribution < 1.29 is 0 Å². The van der Waals surface area contributed by atoms with Crippen molar-refractivity contribution in [2.75, 3.05) is 6.54 Å². The van der Waals surface area contributed by atoms with Crippen LogP contribution in [0.5, 0.6) is 0 Å². The molecule has 1 aromatic heterocycles. The number of H-pyrrole nitrogens is 1. The molecule has 0 aliphatic rings. The number of hydrogen-bond acceptors (Lipinski definition) is 4. The fourth-order valence-electron chi connectivity index (χ4n) is 0.984. The molecule has 0 amide bonds. The van der Waals surface area contributed by atoms with Crippen LogP contribution < -0.4 is 5.73 Å². The van der Waals surface area contributed by atoms with Crippen LogP contribution in [0, 0.1) is 5.41 Å². The van der Waals surface area contributed by atoms with Crippen LogP contribution in [0.25, 0.3) is 0 Å². The van der Waals surface area contributed by atoms with Crippen molar-refractivity contribution in [2.45, 2.75) is 33.1 Å². The van der Waals surface area contributed by atoms with Crippen LogP contribution in [-0.2, 0) is 5.41 Å². The highest BCUT2D eigenvalue weighted by Gasteiger charge is 2.40. The van der Waals surface area contributed by atoms with E-state index in [-0.39, 0.29) is 10.8 Å². The molecule has 0 unspecified atom stereocenters. The summed E-state index contributed by atoms with van der Waals surface area (Å²) in [6.45, 7) is 8.94. The summed E-state index contributed by atoms with van der Waals surface area (Å²) in [5.74, 6) is 0.711. The number of hydrogen-bond donors (Lipinski definition) is 2. The molecule has 3 N–H and O–H groups in total. The molecule has 13 heavy (non-hydrogen) atoms. The number of aromatic nitrogens is 4. The maximum absolute atomic E-state index is 5.71. The maximum Gasteiger partial charge on any atom is 0.180 e. The number of nitrogens with two attached hydrogens (primary N) is 1. The molecule has 0 bridgehead atoms. The number of nitrogens with zero attached hydrogens (tertiary/aromatic N) is 3. The molecule has 0 saturated heterocycles. The van der Waals surface area contributed by atoms with Gasteiger partial charge in [0.1, 0.15) is 0 Å². The number of aromatic amines is 1. The van der Waals surface area contributed by atoms with Gasteiger partial charge < -0.3 is 5.73 Å². The van der Waals surface area contributed by atoms with Gasteiger partial charge in [0.15, 0.2) is 5.82 Å². The average molecular weight is 183 g/mol. The molecule has 1 rings (SSSR count). The molecular weight excluding hydrogens is 166 g/mol. The Hall–Kier alpha value is -0.970. The summed E-state index contributed by atoms with van der Waals surface area (Å²) in [6, 6.07) is 0. The first-order chi connectivity index (χ1) is 5.92. The molecule has 0 saturated carbocycles. The summed E-state index contributed by atoms with van der Waals surface area (Å²) in [6.07, 6.45) is 0. The van der Waals surface area contributed by atoms with Crippen molar-refractivity contribution in [3.8, 4) is 0 Å². The Balaban J connectivity index is 3.02. The van der Waals surface area contributed by atoms with E-state index in [1.165, 1.54) is 0 Å². The lowest BCUT2D eigenvalue weighted by Crippen LogP contribution is -2.43. The van der Waals surface area contributed by atoms with Crippen LogP contribution in [0.3, 0.4) is 0 Å². The summed E-state index contributed by atoms with van der Waals surface area (Å²) >= 11 is 0. The summed E-state index contributed by atoms with van der Waals surface area (Å²) in [5.41, 5.74) is 5.50. The monoisotopic (exact) mass is 183 g/mol. The van der Waals surface area contributed by atoms with Crippen LogP contribution >= 0.6 is 0 Å². The van der Waals surface area contributed by atoms with Crippen LogP contribution in [0.1, 0.15) is 33.5 Å². The van der Waals surface area contributed by atoms with E-state index in [2.05, 4.69) is 48.3 Å². The van der Waals surface area contributed by atoms with Gasteiger partial charge in [0.05, 0.1) is 0 Å². The van der Waals surface area contributed by atoms with Crippen LogP contribution in [0.2, 0.25) is 0 Å².